The fourth-order valence-corrected chi connectivity index (χ4v) is 4.35. The number of halogens is 2. The highest BCUT2D eigenvalue weighted by atomic mass is 35.5. The summed E-state index contributed by atoms with van der Waals surface area (Å²) >= 11 is 6.29. The zero-order chi connectivity index (χ0) is 19.4. The zero-order valence-electron chi connectivity index (χ0n) is 16.0. The van der Waals surface area contributed by atoms with Crippen molar-refractivity contribution < 1.29 is 9.50 Å². The van der Waals surface area contributed by atoms with Gasteiger partial charge in [-0.2, -0.15) is 0 Å². The lowest BCUT2D eigenvalue weighted by atomic mass is 9.68. The quantitative estimate of drug-likeness (QED) is 0.762. The van der Waals surface area contributed by atoms with E-state index in [1.807, 2.05) is 44.4 Å². The van der Waals surface area contributed by atoms with Gasteiger partial charge in [-0.25, -0.2) is 4.39 Å². The molecular formula is C23H27ClFNO. The zero-order valence-corrected chi connectivity index (χ0v) is 16.7. The third kappa shape index (κ3) is 4.60. The van der Waals surface area contributed by atoms with Crippen LogP contribution in [0.25, 0.3) is 6.08 Å². The van der Waals surface area contributed by atoms with Crippen molar-refractivity contribution in [3.8, 4) is 0 Å². The molecule has 144 valence electrons. The first kappa shape index (κ1) is 20.1. The van der Waals surface area contributed by atoms with Crippen LogP contribution in [-0.2, 0) is 6.42 Å². The SMILES string of the molecule is CN(C)CC1CCCC(=Cc2ccccc2)C1(O)Cc1c(F)cccc1Cl. The number of benzene rings is 2. The van der Waals surface area contributed by atoms with Crippen LogP contribution in [0, 0.1) is 11.7 Å². The molecule has 0 bridgehead atoms. The Morgan fingerprint density at radius 1 is 1.19 bits per heavy atom. The van der Waals surface area contributed by atoms with E-state index in [1.165, 1.54) is 6.07 Å². The molecule has 0 aromatic heterocycles. The molecule has 1 aliphatic rings. The lowest BCUT2D eigenvalue weighted by Crippen LogP contribution is -2.48. The van der Waals surface area contributed by atoms with Gasteiger partial charge in [0.2, 0.25) is 0 Å². The molecule has 4 heteroatoms. The van der Waals surface area contributed by atoms with Crippen LogP contribution in [0.3, 0.4) is 0 Å². The highest BCUT2D eigenvalue weighted by molar-refractivity contribution is 6.31. The van der Waals surface area contributed by atoms with Gasteiger partial charge in [0, 0.05) is 29.5 Å². The van der Waals surface area contributed by atoms with Crippen molar-refractivity contribution in [1.82, 2.24) is 4.90 Å². The van der Waals surface area contributed by atoms with Gasteiger partial charge in [0.15, 0.2) is 0 Å². The van der Waals surface area contributed by atoms with Crippen molar-refractivity contribution in [2.24, 2.45) is 5.92 Å². The molecule has 0 saturated heterocycles. The fraction of sp³-hybridized carbons (Fsp3) is 0.391. The molecule has 1 N–H and O–H groups in total. The van der Waals surface area contributed by atoms with Gasteiger partial charge >= 0.3 is 0 Å². The minimum Gasteiger partial charge on any atom is -0.385 e. The van der Waals surface area contributed by atoms with Crippen molar-refractivity contribution in [3.63, 3.8) is 0 Å². The summed E-state index contributed by atoms with van der Waals surface area (Å²) in [5.74, 6) is -0.337. The van der Waals surface area contributed by atoms with Crippen molar-refractivity contribution in [2.75, 3.05) is 20.6 Å². The maximum atomic E-state index is 14.5. The molecule has 0 spiro atoms. The largest absolute Gasteiger partial charge is 0.385 e. The molecule has 1 saturated carbocycles. The van der Waals surface area contributed by atoms with E-state index >= 15 is 0 Å². The monoisotopic (exact) mass is 387 g/mol. The summed E-state index contributed by atoms with van der Waals surface area (Å²) in [7, 11) is 4.01. The molecule has 2 nitrogen and oxygen atoms in total. The lowest BCUT2D eigenvalue weighted by molar-refractivity contribution is -0.0128. The predicted molar refractivity (Wildman–Crippen MR) is 110 cm³/mol. The van der Waals surface area contributed by atoms with Crippen molar-refractivity contribution >= 4 is 17.7 Å². The minimum absolute atomic E-state index is 0.0203. The molecule has 0 radical (unpaired) electrons. The van der Waals surface area contributed by atoms with Gasteiger partial charge in [0.05, 0.1) is 5.60 Å². The highest BCUT2D eigenvalue weighted by Crippen LogP contribution is 2.43. The van der Waals surface area contributed by atoms with Gasteiger partial charge in [-0.1, -0.05) is 54.1 Å². The molecule has 3 rings (SSSR count). The van der Waals surface area contributed by atoms with E-state index in [2.05, 4.69) is 11.0 Å². The minimum atomic E-state index is -1.12. The van der Waals surface area contributed by atoms with E-state index in [1.54, 1.807) is 12.1 Å². The second-order valence-corrected chi connectivity index (χ2v) is 8.14. The number of rotatable bonds is 5. The van der Waals surface area contributed by atoms with Gasteiger partial charge in [0.25, 0.3) is 0 Å². The number of nitrogens with zero attached hydrogens (tertiary/aromatic N) is 1. The van der Waals surface area contributed by atoms with Gasteiger partial charge in [-0.3, -0.25) is 0 Å². The summed E-state index contributed by atoms with van der Waals surface area (Å²) < 4.78 is 14.5. The second-order valence-electron chi connectivity index (χ2n) is 7.73. The van der Waals surface area contributed by atoms with Crippen LogP contribution >= 0.6 is 11.6 Å². The fourth-order valence-electron chi connectivity index (χ4n) is 4.12. The normalized spacial score (nSPS) is 24.5. The summed E-state index contributed by atoms with van der Waals surface area (Å²) in [6.07, 6.45) is 4.99. The highest BCUT2D eigenvalue weighted by Gasteiger charge is 2.43. The third-order valence-electron chi connectivity index (χ3n) is 5.46. The Morgan fingerprint density at radius 2 is 1.93 bits per heavy atom. The average molecular weight is 388 g/mol. The molecule has 1 fully saturated rings. The summed E-state index contributed by atoms with van der Waals surface area (Å²) in [6.45, 7) is 0.745. The van der Waals surface area contributed by atoms with Crippen molar-refractivity contribution in [1.29, 1.82) is 0 Å². The molecule has 0 amide bonds. The van der Waals surface area contributed by atoms with Crippen LogP contribution in [-0.4, -0.2) is 36.2 Å². The van der Waals surface area contributed by atoms with Crippen molar-refractivity contribution in [2.45, 2.75) is 31.3 Å². The standard InChI is InChI=1S/C23H27ClFNO/c1-26(2)16-19-11-6-10-18(14-17-8-4-3-5-9-17)23(19,27)15-20-21(24)12-7-13-22(20)25/h3-5,7-9,12-14,19,27H,6,10-11,15-16H2,1-2H3. The molecule has 2 aromatic carbocycles. The van der Waals surface area contributed by atoms with E-state index in [9.17, 15) is 9.50 Å². The van der Waals surface area contributed by atoms with Gasteiger partial charge in [-0.15, -0.1) is 0 Å². The van der Waals surface area contributed by atoms with Crippen LogP contribution in [0.15, 0.2) is 54.1 Å². The summed E-state index contributed by atoms with van der Waals surface area (Å²) in [4.78, 5) is 2.09. The average Bonchev–Trinajstić information content (AvgIpc) is 2.63. The van der Waals surface area contributed by atoms with E-state index in [0.717, 1.165) is 36.9 Å². The van der Waals surface area contributed by atoms with E-state index in [0.29, 0.717) is 10.6 Å². The first-order chi connectivity index (χ1) is 12.9. The summed E-state index contributed by atoms with van der Waals surface area (Å²) in [6, 6.07) is 14.7. The molecule has 2 aromatic rings. The number of aliphatic hydroxyl groups is 1. The first-order valence-electron chi connectivity index (χ1n) is 9.46. The topological polar surface area (TPSA) is 23.5 Å². The smallest absolute Gasteiger partial charge is 0.128 e. The molecule has 2 unspecified atom stereocenters. The Bertz CT molecular complexity index is 785. The molecule has 2 atom stereocenters. The maximum absolute atomic E-state index is 14.5. The molecule has 27 heavy (non-hydrogen) atoms. The van der Waals surface area contributed by atoms with Gasteiger partial charge in [-0.05, 0) is 56.6 Å². The maximum Gasteiger partial charge on any atom is 0.128 e. The van der Waals surface area contributed by atoms with Crippen molar-refractivity contribution in [3.05, 3.63) is 76.1 Å². The third-order valence-corrected chi connectivity index (χ3v) is 5.82. The second kappa shape index (κ2) is 8.55. The van der Waals surface area contributed by atoms with E-state index < -0.39 is 5.60 Å². The van der Waals surface area contributed by atoms with Crippen LogP contribution < -0.4 is 0 Å². The Kier molecular flexibility index (Phi) is 6.36. The Balaban J connectivity index is 2.04. The van der Waals surface area contributed by atoms with E-state index in [-0.39, 0.29) is 18.2 Å². The first-order valence-corrected chi connectivity index (χ1v) is 9.84. The lowest BCUT2D eigenvalue weighted by Gasteiger charge is -2.44. The van der Waals surface area contributed by atoms with Crippen LogP contribution in [0.2, 0.25) is 5.02 Å². The molecule has 0 heterocycles. The van der Waals surface area contributed by atoms with E-state index in [4.69, 9.17) is 11.6 Å². The number of hydrogen-bond acceptors (Lipinski definition) is 2. The van der Waals surface area contributed by atoms with Crippen LogP contribution in [0.5, 0.6) is 0 Å². The predicted octanol–water partition coefficient (Wildman–Crippen LogP) is 5.20. The summed E-state index contributed by atoms with van der Waals surface area (Å²) in [5.41, 5.74) is 1.29. The Hall–Kier alpha value is -1.68. The van der Waals surface area contributed by atoms with Gasteiger partial charge in [0.1, 0.15) is 5.82 Å². The molecule has 1 aliphatic carbocycles. The van der Waals surface area contributed by atoms with Crippen LogP contribution in [0.1, 0.15) is 30.4 Å². The Morgan fingerprint density at radius 3 is 2.59 bits per heavy atom. The Labute approximate surface area is 166 Å². The molecular weight excluding hydrogens is 361 g/mol. The van der Waals surface area contributed by atoms with Crippen LogP contribution in [0.4, 0.5) is 4.39 Å². The summed E-state index contributed by atoms with van der Waals surface area (Å²) in [5, 5.41) is 12.3. The number of hydrogen-bond donors (Lipinski definition) is 1. The van der Waals surface area contributed by atoms with Gasteiger partial charge < -0.3 is 10.0 Å². The molecule has 0 aliphatic heterocycles.